The van der Waals surface area contributed by atoms with E-state index in [1.807, 2.05) is 37.5 Å². The van der Waals surface area contributed by atoms with Crippen molar-refractivity contribution in [3.63, 3.8) is 0 Å². The van der Waals surface area contributed by atoms with Crippen molar-refractivity contribution in [1.82, 2.24) is 20.4 Å². The van der Waals surface area contributed by atoms with Crippen LogP contribution >= 0.6 is 0 Å². The predicted molar refractivity (Wildman–Crippen MR) is 121 cm³/mol. The van der Waals surface area contributed by atoms with E-state index >= 15 is 0 Å². The molecule has 3 aromatic rings. The van der Waals surface area contributed by atoms with Gasteiger partial charge in [0.2, 0.25) is 0 Å². The maximum Gasteiger partial charge on any atom is 0.416 e. The summed E-state index contributed by atoms with van der Waals surface area (Å²) in [6.45, 7) is 2.18. The number of alkyl halides is 3. The second kappa shape index (κ2) is 9.39. The zero-order chi connectivity index (χ0) is 23.6. The van der Waals surface area contributed by atoms with E-state index in [0.717, 1.165) is 48.6 Å². The lowest BCUT2D eigenvalue weighted by atomic mass is 9.90. The largest absolute Gasteiger partial charge is 0.416 e. The van der Waals surface area contributed by atoms with Crippen molar-refractivity contribution in [2.45, 2.75) is 44.4 Å². The van der Waals surface area contributed by atoms with Crippen LogP contribution in [0.3, 0.4) is 0 Å². The second-order valence-corrected chi connectivity index (χ2v) is 8.51. The molecular weight excluding hydrogens is 429 g/mol. The molecule has 1 saturated heterocycles. The van der Waals surface area contributed by atoms with Gasteiger partial charge in [0.05, 0.1) is 17.8 Å². The first-order valence-corrected chi connectivity index (χ1v) is 11.0. The number of halogens is 3. The van der Waals surface area contributed by atoms with E-state index in [4.69, 9.17) is 0 Å². The molecule has 4 rings (SSSR count). The van der Waals surface area contributed by atoms with E-state index in [-0.39, 0.29) is 23.2 Å². The molecule has 2 N–H and O–H groups in total. The molecule has 1 aliphatic rings. The Hall–Kier alpha value is -3.13. The number of amides is 1. The summed E-state index contributed by atoms with van der Waals surface area (Å²) in [6, 6.07) is 11.2. The van der Waals surface area contributed by atoms with Gasteiger partial charge in [0, 0.05) is 30.4 Å². The molecule has 1 fully saturated rings. The van der Waals surface area contributed by atoms with Crippen LogP contribution in [0.2, 0.25) is 0 Å². The number of hydrogen-bond acceptors (Lipinski definition) is 3. The van der Waals surface area contributed by atoms with E-state index in [2.05, 4.69) is 15.7 Å². The number of piperidine rings is 1. The van der Waals surface area contributed by atoms with Crippen LogP contribution in [0.1, 0.15) is 52.4 Å². The molecule has 2 heterocycles. The van der Waals surface area contributed by atoms with Crippen LogP contribution < -0.4 is 10.6 Å². The number of carbonyl (C=O) groups excluding carboxylic acids is 1. The Morgan fingerprint density at radius 1 is 1.18 bits per heavy atom. The smallest absolute Gasteiger partial charge is 0.344 e. The standard InChI is InChI=1S/C25H27F3N4O/c1-16-20(9-6-10-21(16)25(26,27)28)24(33)31-23(22-11-3-4-12-29-22)18-8-5-7-17(13-18)19-14-30-32(2)15-19/h5-10,13-15,22-23,29H,3-4,11-12H2,1-2H3,(H,31,33)/t22-,23?/m0/s1. The van der Waals surface area contributed by atoms with Gasteiger partial charge in [-0.15, -0.1) is 0 Å². The highest BCUT2D eigenvalue weighted by molar-refractivity contribution is 5.96. The minimum atomic E-state index is -4.51. The van der Waals surface area contributed by atoms with Gasteiger partial charge >= 0.3 is 6.18 Å². The van der Waals surface area contributed by atoms with Gasteiger partial charge in [-0.25, -0.2) is 0 Å². The molecule has 1 aromatic heterocycles. The normalized spacial score (nSPS) is 17.5. The van der Waals surface area contributed by atoms with Crippen molar-refractivity contribution in [2.24, 2.45) is 7.05 Å². The predicted octanol–water partition coefficient (Wildman–Crippen LogP) is 5.03. The number of aryl methyl sites for hydroxylation is 1. The molecule has 1 aliphatic heterocycles. The molecule has 2 aromatic carbocycles. The third kappa shape index (κ3) is 5.11. The molecule has 0 saturated carbocycles. The van der Waals surface area contributed by atoms with Gasteiger partial charge in [-0.1, -0.05) is 30.7 Å². The highest BCUT2D eigenvalue weighted by atomic mass is 19.4. The molecule has 5 nitrogen and oxygen atoms in total. The third-order valence-electron chi connectivity index (χ3n) is 6.21. The number of rotatable bonds is 5. The molecule has 0 spiro atoms. The quantitative estimate of drug-likeness (QED) is 0.566. The van der Waals surface area contributed by atoms with Crippen LogP contribution in [-0.4, -0.2) is 28.3 Å². The molecule has 33 heavy (non-hydrogen) atoms. The van der Waals surface area contributed by atoms with Gasteiger partial charge in [-0.05, 0) is 61.2 Å². The van der Waals surface area contributed by atoms with Crippen LogP contribution in [-0.2, 0) is 13.2 Å². The number of nitrogens with one attached hydrogen (secondary N) is 2. The average molecular weight is 457 g/mol. The van der Waals surface area contributed by atoms with E-state index < -0.39 is 17.6 Å². The SMILES string of the molecule is Cc1c(C(=O)NC(c2cccc(-c3cnn(C)c3)c2)[C@@H]2CCCCN2)cccc1C(F)(F)F. The maximum atomic E-state index is 13.4. The summed E-state index contributed by atoms with van der Waals surface area (Å²) in [5.41, 5.74) is 1.99. The Bertz CT molecular complexity index is 1130. The molecule has 0 bridgehead atoms. The summed E-state index contributed by atoms with van der Waals surface area (Å²) in [6.07, 6.45) is 2.12. The third-order valence-corrected chi connectivity index (χ3v) is 6.21. The first-order chi connectivity index (χ1) is 15.7. The van der Waals surface area contributed by atoms with Crippen molar-refractivity contribution in [3.8, 4) is 11.1 Å². The van der Waals surface area contributed by atoms with Crippen LogP contribution in [0.25, 0.3) is 11.1 Å². The van der Waals surface area contributed by atoms with Gasteiger partial charge in [0.25, 0.3) is 5.91 Å². The van der Waals surface area contributed by atoms with Crippen molar-refractivity contribution >= 4 is 5.91 Å². The summed E-state index contributed by atoms with van der Waals surface area (Å²) in [7, 11) is 1.85. The Kier molecular flexibility index (Phi) is 6.56. The summed E-state index contributed by atoms with van der Waals surface area (Å²) in [5, 5.41) is 10.7. The van der Waals surface area contributed by atoms with Crippen LogP contribution in [0, 0.1) is 6.92 Å². The zero-order valence-electron chi connectivity index (χ0n) is 18.6. The average Bonchev–Trinajstić information content (AvgIpc) is 3.23. The summed E-state index contributed by atoms with van der Waals surface area (Å²) < 4.78 is 41.8. The highest BCUT2D eigenvalue weighted by Gasteiger charge is 2.34. The van der Waals surface area contributed by atoms with Crippen LogP contribution in [0.5, 0.6) is 0 Å². The second-order valence-electron chi connectivity index (χ2n) is 8.51. The molecule has 0 aliphatic carbocycles. The van der Waals surface area contributed by atoms with Crippen molar-refractivity contribution in [1.29, 1.82) is 0 Å². The van der Waals surface area contributed by atoms with Gasteiger partial charge in [0.1, 0.15) is 0 Å². The van der Waals surface area contributed by atoms with Gasteiger partial charge in [-0.2, -0.15) is 18.3 Å². The molecule has 0 radical (unpaired) electrons. The molecule has 1 amide bonds. The fourth-order valence-corrected chi connectivity index (χ4v) is 4.47. The molecule has 174 valence electrons. The fraction of sp³-hybridized carbons (Fsp3) is 0.360. The van der Waals surface area contributed by atoms with Gasteiger partial charge in [0.15, 0.2) is 0 Å². The van der Waals surface area contributed by atoms with Crippen LogP contribution in [0.4, 0.5) is 13.2 Å². The summed E-state index contributed by atoms with van der Waals surface area (Å²) in [4.78, 5) is 13.2. The van der Waals surface area contributed by atoms with Gasteiger partial charge in [-0.3, -0.25) is 9.48 Å². The number of benzene rings is 2. The number of hydrogen-bond donors (Lipinski definition) is 2. The Labute approximate surface area is 191 Å². The molecular formula is C25H27F3N4O. The molecule has 8 heteroatoms. The molecule has 2 atom stereocenters. The van der Waals surface area contributed by atoms with E-state index in [0.29, 0.717) is 0 Å². The topological polar surface area (TPSA) is 59.0 Å². The highest BCUT2D eigenvalue weighted by Crippen LogP contribution is 2.33. The van der Waals surface area contributed by atoms with E-state index in [1.165, 1.54) is 19.1 Å². The first kappa shape index (κ1) is 23.0. The fourth-order valence-electron chi connectivity index (χ4n) is 4.47. The monoisotopic (exact) mass is 456 g/mol. The molecule has 1 unspecified atom stereocenters. The Morgan fingerprint density at radius 2 is 1.97 bits per heavy atom. The minimum absolute atomic E-state index is 0.0158. The number of carbonyl (C=O) groups is 1. The van der Waals surface area contributed by atoms with Gasteiger partial charge < -0.3 is 10.6 Å². The number of nitrogens with zero attached hydrogens (tertiary/aromatic N) is 2. The van der Waals surface area contributed by atoms with E-state index in [9.17, 15) is 18.0 Å². The van der Waals surface area contributed by atoms with E-state index in [1.54, 1.807) is 10.9 Å². The minimum Gasteiger partial charge on any atom is -0.344 e. The van der Waals surface area contributed by atoms with Crippen LogP contribution in [0.15, 0.2) is 54.9 Å². The lowest BCUT2D eigenvalue weighted by molar-refractivity contribution is -0.138. The van der Waals surface area contributed by atoms with Crippen molar-refractivity contribution in [3.05, 3.63) is 77.1 Å². The van der Waals surface area contributed by atoms with Crippen molar-refractivity contribution < 1.29 is 18.0 Å². The zero-order valence-corrected chi connectivity index (χ0v) is 18.6. The Balaban J connectivity index is 1.67. The summed E-state index contributed by atoms with van der Waals surface area (Å²) in [5.74, 6) is -0.511. The summed E-state index contributed by atoms with van der Waals surface area (Å²) >= 11 is 0. The maximum absolute atomic E-state index is 13.4. The lowest BCUT2D eigenvalue weighted by Gasteiger charge is -2.33. The van der Waals surface area contributed by atoms with Crippen molar-refractivity contribution in [2.75, 3.05) is 6.54 Å². The first-order valence-electron chi connectivity index (χ1n) is 11.0. The lowest BCUT2D eigenvalue weighted by Crippen LogP contribution is -2.46. The Morgan fingerprint density at radius 3 is 2.64 bits per heavy atom. The number of aromatic nitrogens is 2.